The summed E-state index contributed by atoms with van der Waals surface area (Å²) in [6.45, 7) is 3.08. The predicted octanol–water partition coefficient (Wildman–Crippen LogP) is 0.271. The van der Waals surface area contributed by atoms with Gasteiger partial charge in [0.2, 0.25) is 0 Å². The molecular weight excluding hydrogens is 238 g/mol. The molecule has 1 aliphatic heterocycles. The minimum atomic E-state index is -0.960. The van der Waals surface area contributed by atoms with E-state index in [-0.39, 0.29) is 12.3 Å². The molecule has 1 heterocycles. The van der Waals surface area contributed by atoms with Gasteiger partial charge in [-0.05, 0) is 19.8 Å². The van der Waals surface area contributed by atoms with E-state index in [4.69, 9.17) is 0 Å². The van der Waals surface area contributed by atoms with Crippen molar-refractivity contribution in [2.75, 3.05) is 26.8 Å². The molecule has 0 spiro atoms. The molecule has 100 valence electrons. The zero-order valence-corrected chi connectivity index (χ0v) is 10.6. The minimum Gasteiger partial charge on any atom is -0.464 e. The zero-order valence-electron chi connectivity index (χ0n) is 10.6. The Balaban J connectivity index is 2.84. The van der Waals surface area contributed by atoms with Gasteiger partial charge in [-0.15, -0.1) is 0 Å². The number of carbonyl (C=O) groups excluding carboxylic acids is 3. The van der Waals surface area contributed by atoms with Gasteiger partial charge in [-0.1, -0.05) is 0 Å². The lowest BCUT2D eigenvalue weighted by Gasteiger charge is -2.18. The van der Waals surface area contributed by atoms with Crippen molar-refractivity contribution < 1.29 is 23.9 Å². The van der Waals surface area contributed by atoms with Gasteiger partial charge in [-0.25, -0.2) is 9.59 Å². The van der Waals surface area contributed by atoms with Crippen LogP contribution in [0.25, 0.3) is 0 Å². The molecule has 6 nitrogen and oxygen atoms in total. The third kappa shape index (κ3) is 3.58. The van der Waals surface area contributed by atoms with Crippen LogP contribution in [0.4, 0.5) is 0 Å². The number of ketones is 1. The third-order valence-corrected chi connectivity index (χ3v) is 2.59. The maximum absolute atomic E-state index is 11.6. The van der Waals surface area contributed by atoms with Crippen molar-refractivity contribution in [3.05, 3.63) is 11.8 Å². The first-order chi connectivity index (χ1) is 8.60. The van der Waals surface area contributed by atoms with Gasteiger partial charge in [0.15, 0.2) is 0 Å². The number of nitrogens with zero attached hydrogens (tertiary/aromatic N) is 1. The van der Waals surface area contributed by atoms with Gasteiger partial charge in [-0.2, -0.15) is 0 Å². The molecule has 1 fully saturated rings. The smallest absolute Gasteiger partial charge is 0.379 e. The van der Waals surface area contributed by atoms with Crippen LogP contribution in [0.5, 0.6) is 0 Å². The standard InChI is InChI=1S/C12H17NO5/c1-3-18-12(16)10(14)8-9(11(15)17-2)13-6-4-5-7-13/h8H,3-7H2,1-2H3. The molecule has 0 atom stereocenters. The van der Waals surface area contributed by atoms with Crippen molar-refractivity contribution >= 4 is 17.7 Å². The molecule has 0 unspecified atom stereocenters. The molecule has 0 amide bonds. The fourth-order valence-electron chi connectivity index (χ4n) is 1.73. The van der Waals surface area contributed by atoms with E-state index in [0.29, 0.717) is 13.1 Å². The number of hydrogen-bond donors (Lipinski definition) is 0. The molecule has 0 aromatic heterocycles. The first kappa shape index (κ1) is 14.2. The second-order valence-corrected chi connectivity index (χ2v) is 3.80. The zero-order chi connectivity index (χ0) is 13.5. The Kier molecular flexibility index (Phi) is 5.35. The molecule has 1 saturated heterocycles. The Morgan fingerprint density at radius 2 is 1.78 bits per heavy atom. The van der Waals surface area contributed by atoms with Crippen molar-refractivity contribution in [3.8, 4) is 0 Å². The van der Waals surface area contributed by atoms with Crippen LogP contribution in [-0.2, 0) is 23.9 Å². The van der Waals surface area contributed by atoms with Crippen LogP contribution in [0, 0.1) is 0 Å². The van der Waals surface area contributed by atoms with Crippen molar-refractivity contribution in [2.24, 2.45) is 0 Å². The summed E-state index contributed by atoms with van der Waals surface area (Å²) in [5.41, 5.74) is 0.119. The second-order valence-electron chi connectivity index (χ2n) is 3.80. The molecular formula is C12H17NO5. The Morgan fingerprint density at radius 1 is 1.17 bits per heavy atom. The van der Waals surface area contributed by atoms with Crippen LogP contribution in [-0.4, -0.2) is 49.4 Å². The van der Waals surface area contributed by atoms with Crippen LogP contribution >= 0.6 is 0 Å². The molecule has 0 aromatic carbocycles. The molecule has 1 rings (SSSR count). The van der Waals surface area contributed by atoms with Crippen molar-refractivity contribution in [1.29, 1.82) is 0 Å². The maximum Gasteiger partial charge on any atom is 0.379 e. The third-order valence-electron chi connectivity index (χ3n) is 2.59. The van der Waals surface area contributed by atoms with Crippen molar-refractivity contribution in [2.45, 2.75) is 19.8 Å². The molecule has 6 heteroatoms. The van der Waals surface area contributed by atoms with Crippen LogP contribution < -0.4 is 0 Å². The molecule has 0 aliphatic carbocycles. The Hall–Kier alpha value is -1.85. The highest BCUT2D eigenvalue weighted by Gasteiger charge is 2.24. The van der Waals surface area contributed by atoms with Crippen LogP contribution in [0.2, 0.25) is 0 Å². The summed E-state index contributed by atoms with van der Waals surface area (Å²) in [5, 5.41) is 0. The maximum atomic E-state index is 11.6. The van der Waals surface area contributed by atoms with Gasteiger partial charge in [0.1, 0.15) is 5.70 Å². The number of methoxy groups -OCH3 is 1. The van der Waals surface area contributed by atoms with E-state index < -0.39 is 17.7 Å². The van der Waals surface area contributed by atoms with Crippen LogP contribution in [0.15, 0.2) is 11.8 Å². The van der Waals surface area contributed by atoms with E-state index in [2.05, 4.69) is 9.47 Å². The van der Waals surface area contributed by atoms with E-state index in [1.807, 2.05) is 0 Å². The van der Waals surface area contributed by atoms with Gasteiger partial charge in [0.05, 0.1) is 13.7 Å². The Bertz CT molecular complexity index is 369. The normalized spacial score (nSPS) is 15.4. The molecule has 1 aliphatic rings. The van der Waals surface area contributed by atoms with Gasteiger partial charge in [0, 0.05) is 19.2 Å². The van der Waals surface area contributed by atoms with Gasteiger partial charge >= 0.3 is 11.9 Å². The topological polar surface area (TPSA) is 72.9 Å². The quantitative estimate of drug-likeness (QED) is 0.399. The summed E-state index contributed by atoms with van der Waals surface area (Å²) in [7, 11) is 1.24. The number of hydrogen-bond acceptors (Lipinski definition) is 6. The lowest BCUT2D eigenvalue weighted by atomic mass is 10.2. The van der Waals surface area contributed by atoms with Crippen molar-refractivity contribution in [3.63, 3.8) is 0 Å². The average molecular weight is 255 g/mol. The number of carbonyl (C=O) groups is 3. The Morgan fingerprint density at radius 3 is 2.28 bits per heavy atom. The predicted molar refractivity (Wildman–Crippen MR) is 62.5 cm³/mol. The highest BCUT2D eigenvalue weighted by Crippen LogP contribution is 2.15. The van der Waals surface area contributed by atoms with Gasteiger partial charge in [0.25, 0.3) is 5.78 Å². The highest BCUT2D eigenvalue weighted by atomic mass is 16.5. The molecule has 0 radical (unpaired) electrons. The Labute approximate surface area is 106 Å². The summed E-state index contributed by atoms with van der Waals surface area (Å²) in [6, 6.07) is 0. The molecule has 0 bridgehead atoms. The van der Waals surface area contributed by atoms with E-state index in [1.165, 1.54) is 7.11 Å². The number of rotatable bonds is 5. The van der Waals surface area contributed by atoms with Crippen LogP contribution in [0.3, 0.4) is 0 Å². The fraction of sp³-hybridized carbons (Fsp3) is 0.583. The summed E-state index contributed by atoms with van der Waals surface area (Å²) < 4.78 is 9.19. The van der Waals surface area contributed by atoms with Gasteiger partial charge in [-0.3, -0.25) is 4.79 Å². The average Bonchev–Trinajstić information content (AvgIpc) is 2.88. The largest absolute Gasteiger partial charge is 0.464 e. The van der Waals surface area contributed by atoms with E-state index >= 15 is 0 Å². The highest BCUT2D eigenvalue weighted by molar-refractivity contribution is 6.39. The lowest BCUT2D eigenvalue weighted by molar-refractivity contribution is -0.151. The summed E-state index contributed by atoms with van der Waals surface area (Å²) >= 11 is 0. The summed E-state index contributed by atoms with van der Waals surface area (Å²) in [4.78, 5) is 36.1. The number of ether oxygens (including phenoxy) is 2. The molecule has 18 heavy (non-hydrogen) atoms. The molecule has 0 saturated carbocycles. The summed E-state index contributed by atoms with van der Waals surface area (Å²) in [5.74, 6) is -2.42. The van der Waals surface area contributed by atoms with Gasteiger partial charge < -0.3 is 14.4 Å². The van der Waals surface area contributed by atoms with Crippen molar-refractivity contribution in [1.82, 2.24) is 4.90 Å². The van der Waals surface area contributed by atoms with Crippen LogP contribution in [0.1, 0.15) is 19.8 Å². The number of esters is 2. The first-order valence-corrected chi connectivity index (χ1v) is 5.86. The second kappa shape index (κ2) is 6.78. The fourth-order valence-corrected chi connectivity index (χ4v) is 1.73. The summed E-state index contributed by atoms with van der Waals surface area (Å²) in [6.07, 6.45) is 2.89. The minimum absolute atomic E-state index is 0.119. The SMILES string of the molecule is CCOC(=O)C(=O)C=C(C(=O)OC)N1CCCC1. The first-order valence-electron chi connectivity index (χ1n) is 5.86. The van der Waals surface area contributed by atoms with E-state index in [9.17, 15) is 14.4 Å². The molecule has 0 N–H and O–H groups in total. The molecule has 0 aromatic rings. The van der Waals surface area contributed by atoms with E-state index in [1.54, 1.807) is 11.8 Å². The number of likely N-dealkylation sites (tertiary alicyclic amines) is 1. The monoisotopic (exact) mass is 255 g/mol. The lowest BCUT2D eigenvalue weighted by Crippen LogP contribution is -2.27. The van der Waals surface area contributed by atoms with E-state index in [0.717, 1.165) is 18.9 Å².